The average Bonchev–Trinajstić information content (AvgIpc) is 3.17. The number of benzene rings is 1. The molecule has 11 nitrogen and oxygen atoms in total. The molecule has 0 amide bonds. The van der Waals surface area contributed by atoms with Crippen LogP contribution in [0.1, 0.15) is 124 Å². The third kappa shape index (κ3) is 11.5. The molecule has 3 aromatic heterocycles. The first kappa shape index (κ1) is 42.2. The Hall–Kier alpha value is -4.97. The summed E-state index contributed by atoms with van der Waals surface area (Å²) < 4.78 is 15.8. The zero-order chi connectivity index (χ0) is 40.5. The summed E-state index contributed by atoms with van der Waals surface area (Å²) in [6, 6.07) is 14.1. The molecule has 56 heavy (non-hydrogen) atoms. The number of thioether (sulfide) groups is 1. The Bertz CT molecular complexity index is 1780. The Morgan fingerprint density at radius 2 is 1.07 bits per heavy atom. The number of rotatable bonds is 4. The van der Waals surface area contributed by atoms with Gasteiger partial charge >= 0.3 is 0 Å². The highest BCUT2D eigenvalue weighted by atomic mass is 32.2. The van der Waals surface area contributed by atoms with E-state index in [4.69, 9.17) is 14.2 Å². The average molecular weight is 781 g/mol. The van der Waals surface area contributed by atoms with Crippen molar-refractivity contribution in [2.24, 2.45) is 0 Å². The van der Waals surface area contributed by atoms with Gasteiger partial charge in [0.05, 0.1) is 48.3 Å². The molecule has 0 bridgehead atoms. The maximum atomic E-state index is 11.2. The highest BCUT2D eigenvalue weighted by Gasteiger charge is 2.22. The lowest BCUT2D eigenvalue weighted by atomic mass is 9.97. The van der Waals surface area contributed by atoms with Crippen LogP contribution in [0.15, 0.2) is 53.6 Å². The van der Waals surface area contributed by atoms with Crippen LogP contribution in [0.25, 0.3) is 0 Å². The first-order chi connectivity index (χ1) is 26.7. The fraction of sp³-hybridized carbons (Fsp3) is 0.455. The lowest BCUT2D eigenvalue weighted by molar-refractivity contribution is -0.122. The summed E-state index contributed by atoms with van der Waals surface area (Å²) in [5, 5.41) is 0. The first-order valence-corrected chi connectivity index (χ1v) is 20.2. The number of Topliss-reactive ketones (excluding diaryl/α,β-unsaturated/α-hetero) is 4. The summed E-state index contributed by atoms with van der Waals surface area (Å²) >= 11 is 1.61. The van der Waals surface area contributed by atoms with Crippen LogP contribution in [-0.2, 0) is 44.9 Å². The number of hydrogen-bond acceptors (Lipinski definition) is 12. The number of hydrogen-bond donors (Lipinski definition) is 0. The van der Waals surface area contributed by atoms with E-state index in [1.54, 1.807) is 18.0 Å². The van der Waals surface area contributed by atoms with Gasteiger partial charge in [0.2, 0.25) is 0 Å². The van der Waals surface area contributed by atoms with Crippen LogP contribution in [0, 0.1) is 0 Å². The summed E-state index contributed by atoms with van der Waals surface area (Å²) in [6.07, 6.45) is 3.48. The zero-order valence-corrected chi connectivity index (χ0v) is 34.5. The van der Waals surface area contributed by atoms with Crippen molar-refractivity contribution in [3.63, 3.8) is 0 Å². The Labute approximate surface area is 333 Å². The lowest BCUT2D eigenvalue weighted by Gasteiger charge is -2.18. The number of aromatic nitrogens is 4. The molecule has 4 aliphatic rings. The second-order valence-corrected chi connectivity index (χ2v) is 16.4. The molecule has 4 aromatic rings. The van der Waals surface area contributed by atoms with Gasteiger partial charge in [0.1, 0.15) is 42.9 Å². The van der Waals surface area contributed by atoms with Gasteiger partial charge in [-0.25, -0.2) is 9.97 Å². The van der Waals surface area contributed by atoms with Gasteiger partial charge in [0.25, 0.3) is 0 Å². The molecule has 12 heteroatoms. The molecule has 7 heterocycles. The third-order valence-electron chi connectivity index (χ3n) is 9.24. The van der Waals surface area contributed by atoms with Crippen LogP contribution in [0.2, 0.25) is 0 Å². The SMILES string of the molecule is CC(C)c1ccc2c(c1)CC(=O)CO2.CC(C)c1ccc2c(n1)CC(=O)CO2.CC(C)c1ccc2c(n1)CC(=O)CS2.CC(C)c1ncc2c(n1)CC(=O)CO2. The van der Waals surface area contributed by atoms with Crippen molar-refractivity contribution in [3.05, 3.63) is 94.1 Å². The minimum atomic E-state index is 0.0749. The Kier molecular flexibility index (Phi) is 14.5. The molecule has 8 rings (SSSR count). The van der Waals surface area contributed by atoms with E-state index in [-0.39, 0.29) is 48.9 Å². The van der Waals surface area contributed by atoms with Gasteiger partial charge in [-0.05, 0) is 53.6 Å². The fourth-order valence-corrected chi connectivity index (χ4v) is 6.83. The van der Waals surface area contributed by atoms with Crippen LogP contribution in [-0.4, -0.2) is 68.6 Å². The summed E-state index contributed by atoms with van der Waals surface area (Å²) in [7, 11) is 0. The molecule has 0 spiro atoms. The predicted molar refractivity (Wildman–Crippen MR) is 215 cm³/mol. The molecule has 0 aliphatic carbocycles. The molecule has 0 saturated carbocycles. The molecule has 0 radical (unpaired) electrons. The van der Waals surface area contributed by atoms with Gasteiger partial charge in [-0.3, -0.25) is 29.1 Å². The normalized spacial score (nSPS) is 15.4. The second-order valence-electron chi connectivity index (χ2n) is 15.4. The van der Waals surface area contributed by atoms with E-state index < -0.39 is 0 Å². The van der Waals surface area contributed by atoms with Crippen LogP contribution >= 0.6 is 11.8 Å². The molecule has 1 aromatic carbocycles. The molecule has 0 atom stereocenters. The Morgan fingerprint density at radius 3 is 1.70 bits per heavy atom. The van der Waals surface area contributed by atoms with Gasteiger partial charge in [0.15, 0.2) is 23.1 Å². The van der Waals surface area contributed by atoms with Gasteiger partial charge in [-0.2, -0.15) is 0 Å². The summed E-state index contributed by atoms with van der Waals surface area (Å²) in [6.45, 7) is 17.3. The van der Waals surface area contributed by atoms with Gasteiger partial charge in [-0.1, -0.05) is 67.5 Å². The van der Waals surface area contributed by atoms with E-state index in [1.165, 1.54) is 10.5 Å². The van der Waals surface area contributed by atoms with Crippen molar-refractivity contribution in [3.8, 4) is 17.2 Å². The fourth-order valence-electron chi connectivity index (χ4n) is 5.96. The summed E-state index contributed by atoms with van der Waals surface area (Å²) in [4.78, 5) is 63.3. The Balaban J connectivity index is 0.000000143. The van der Waals surface area contributed by atoms with Crippen molar-refractivity contribution in [1.29, 1.82) is 0 Å². The summed E-state index contributed by atoms with van der Waals surface area (Å²) in [5.41, 5.74) is 6.88. The highest BCUT2D eigenvalue weighted by Crippen LogP contribution is 2.30. The first-order valence-electron chi connectivity index (χ1n) is 19.2. The van der Waals surface area contributed by atoms with Gasteiger partial charge < -0.3 is 14.2 Å². The number of carbonyl (C=O) groups excluding carboxylic acids is 4. The lowest BCUT2D eigenvalue weighted by Crippen LogP contribution is -2.22. The molecule has 296 valence electrons. The molecular weight excluding hydrogens is 729 g/mol. The highest BCUT2D eigenvalue weighted by molar-refractivity contribution is 8.00. The topological polar surface area (TPSA) is 148 Å². The van der Waals surface area contributed by atoms with E-state index >= 15 is 0 Å². The number of fused-ring (bicyclic) bond motifs is 4. The van der Waals surface area contributed by atoms with Crippen molar-refractivity contribution >= 4 is 34.9 Å². The Morgan fingerprint density at radius 1 is 0.536 bits per heavy atom. The van der Waals surface area contributed by atoms with Crippen molar-refractivity contribution in [2.45, 2.75) is 110 Å². The van der Waals surface area contributed by atoms with Crippen molar-refractivity contribution in [1.82, 2.24) is 19.9 Å². The van der Waals surface area contributed by atoms with E-state index in [2.05, 4.69) is 85.7 Å². The van der Waals surface area contributed by atoms with Crippen LogP contribution in [0.4, 0.5) is 0 Å². The smallest absolute Gasteiger partial charge is 0.176 e. The monoisotopic (exact) mass is 780 g/mol. The quantitative estimate of drug-likeness (QED) is 0.201. The van der Waals surface area contributed by atoms with E-state index in [0.717, 1.165) is 51.4 Å². The molecular formula is C44H52N4O7S. The van der Waals surface area contributed by atoms with Crippen molar-refractivity contribution < 1.29 is 33.4 Å². The van der Waals surface area contributed by atoms with E-state index in [0.29, 0.717) is 54.9 Å². The standard InChI is InChI=1S/C12H14O2.C11H13NO2.C11H13NOS.C10H12N2O2/c1-8(2)9-3-4-12-10(5-9)6-11(13)7-14-12;2*1-7(2)9-3-4-11-10(12-9)5-8(13)6-14-11;1-6(2)10-11-4-9-8(12-10)3-7(13)5-14-9/h3-5,8H,6-7H2,1-2H3;2*3-4,7H,5-6H2,1-2H3;4,6H,3,5H2,1-2H3. The zero-order valence-electron chi connectivity index (χ0n) is 33.6. The third-order valence-corrected chi connectivity index (χ3v) is 10.4. The van der Waals surface area contributed by atoms with E-state index in [9.17, 15) is 19.2 Å². The molecule has 0 unspecified atom stereocenters. The number of ether oxygens (including phenoxy) is 3. The number of ketones is 4. The van der Waals surface area contributed by atoms with Gasteiger partial charge in [0, 0.05) is 34.2 Å². The maximum Gasteiger partial charge on any atom is 0.176 e. The molecule has 4 aliphatic heterocycles. The molecule has 0 fully saturated rings. The van der Waals surface area contributed by atoms with Gasteiger partial charge in [-0.15, -0.1) is 11.8 Å². The second kappa shape index (κ2) is 19.3. The maximum absolute atomic E-state index is 11.2. The number of nitrogens with zero attached hydrogens (tertiary/aromatic N) is 4. The number of carbonyl (C=O) groups is 4. The van der Waals surface area contributed by atoms with Crippen LogP contribution in [0.3, 0.4) is 0 Å². The largest absolute Gasteiger partial charge is 0.486 e. The minimum absolute atomic E-state index is 0.0749. The van der Waals surface area contributed by atoms with Crippen LogP contribution < -0.4 is 14.2 Å². The summed E-state index contributed by atoms with van der Waals surface area (Å²) in [5.74, 6) is 5.87. The minimum Gasteiger partial charge on any atom is -0.486 e. The van der Waals surface area contributed by atoms with E-state index in [1.807, 2.05) is 32.0 Å². The predicted octanol–water partition coefficient (Wildman–Crippen LogP) is 7.55. The molecule has 0 N–H and O–H groups in total. The van der Waals surface area contributed by atoms with Crippen LogP contribution in [0.5, 0.6) is 17.2 Å². The van der Waals surface area contributed by atoms with Crippen molar-refractivity contribution in [2.75, 3.05) is 25.6 Å². The molecule has 0 saturated heterocycles. The number of pyridine rings is 2.